The maximum atomic E-state index is 12.9. The van der Waals surface area contributed by atoms with Crippen molar-refractivity contribution in [3.05, 3.63) is 65.7 Å². The zero-order chi connectivity index (χ0) is 30.2. The summed E-state index contributed by atoms with van der Waals surface area (Å²) < 4.78 is 35.1. The van der Waals surface area contributed by atoms with Gasteiger partial charge in [0.2, 0.25) is 0 Å². The molecule has 3 heterocycles. The van der Waals surface area contributed by atoms with Gasteiger partial charge in [-0.15, -0.1) is 0 Å². The molecule has 0 amide bonds. The molecule has 8 rings (SSSR count). The summed E-state index contributed by atoms with van der Waals surface area (Å²) >= 11 is 0. The second-order valence-corrected chi connectivity index (χ2v) is 12.4. The molecule has 3 aliphatic carbocycles. The van der Waals surface area contributed by atoms with E-state index in [0.29, 0.717) is 5.56 Å². The first-order valence-electron chi connectivity index (χ1n) is 14.1. The number of ether oxygens (including phenoxy) is 6. The number of aliphatic hydroxyl groups is 4. The minimum absolute atomic E-state index is 0.0310. The van der Waals surface area contributed by atoms with E-state index >= 15 is 0 Å². The zero-order valence-corrected chi connectivity index (χ0v) is 22.9. The summed E-state index contributed by atoms with van der Waals surface area (Å²) in [4.78, 5) is 25.4. The predicted octanol–water partition coefficient (Wildman–Crippen LogP) is -0.177. The summed E-state index contributed by atoms with van der Waals surface area (Å²) in [6.45, 7) is 1.17. The first-order chi connectivity index (χ1) is 20.5. The molecule has 6 aliphatic rings. The quantitative estimate of drug-likeness (QED) is 0.252. The number of hydrogen-bond acceptors (Lipinski definition) is 13. The maximum absolute atomic E-state index is 12.9. The Morgan fingerprint density at radius 1 is 0.907 bits per heavy atom. The molecule has 1 spiro atoms. The third-order valence-corrected chi connectivity index (χ3v) is 11.0. The van der Waals surface area contributed by atoms with Gasteiger partial charge >= 0.3 is 11.9 Å². The fourth-order valence-electron chi connectivity index (χ4n) is 9.07. The average molecular weight is 599 g/mol. The highest BCUT2D eigenvalue weighted by atomic mass is 16.8. The van der Waals surface area contributed by atoms with Gasteiger partial charge in [-0.3, -0.25) is 0 Å². The second-order valence-electron chi connectivity index (χ2n) is 12.4. The number of benzene rings is 2. The van der Waals surface area contributed by atoms with Gasteiger partial charge in [-0.1, -0.05) is 18.2 Å². The second kappa shape index (κ2) is 8.52. The van der Waals surface area contributed by atoms with Crippen molar-refractivity contribution in [2.24, 2.45) is 16.7 Å². The van der Waals surface area contributed by atoms with Gasteiger partial charge in [-0.05, 0) is 49.7 Å². The highest BCUT2D eigenvalue weighted by Gasteiger charge is 3.18. The minimum atomic E-state index is -1.71. The highest BCUT2D eigenvalue weighted by Crippen LogP contribution is 3.03. The maximum Gasteiger partial charge on any atom is 0.338 e. The van der Waals surface area contributed by atoms with Crippen LogP contribution in [-0.4, -0.2) is 105 Å². The summed E-state index contributed by atoms with van der Waals surface area (Å²) in [5, 5.41) is 53.0. The number of carbonyl (C=O) groups excluding carboxylic acids is 2. The van der Waals surface area contributed by atoms with Crippen LogP contribution in [0.15, 0.2) is 54.6 Å². The van der Waals surface area contributed by atoms with Crippen molar-refractivity contribution in [3.63, 3.8) is 0 Å². The number of aliphatic hydroxyl groups excluding tert-OH is 3. The van der Waals surface area contributed by atoms with E-state index in [1.165, 1.54) is 24.3 Å². The van der Waals surface area contributed by atoms with Crippen LogP contribution in [0.2, 0.25) is 0 Å². The third-order valence-electron chi connectivity index (χ3n) is 11.0. The van der Waals surface area contributed by atoms with E-state index in [2.05, 4.69) is 0 Å². The number of fused-ring (bicyclic) bond motifs is 2. The van der Waals surface area contributed by atoms with E-state index in [0.717, 1.165) is 0 Å². The molecule has 5 N–H and O–H groups in total. The van der Waals surface area contributed by atoms with Crippen LogP contribution < -0.4 is 0 Å². The van der Waals surface area contributed by atoms with Crippen LogP contribution in [0.3, 0.4) is 0 Å². The molecule has 0 radical (unpaired) electrons. The average Bonchev–Trinajstić information content (AvgIpc) is 2.99. The molecule has 3 aliphatic heterocycles. The lowest BCUT2D eigenvalue weighted by Gasteiger charge is -3.05. The van der Waals surface area contributed by atoms with Crippen molar-refractivity contribution in [1.82, 2.24) is 0 Å². The largest absolute Gasteiger partial charge is 0.508 e. The Hall–Kier alpha value is -3.14. The lowest BCUT2D eigenvalue weighted by Crippen LogP contribution is -3.20. The van der Waals surface area contributed by atoms with Crippen molar-refractivity contribution >= 4 is 11.9 Å². The smallest absolute Gasteiger partial charge is 0.338 e. The van der Waals surface area contributed by atoms with Gasteiger partial charge in [-0.25, -0.2) is 9.59 Å². The zero-order valence-electron chi connectivity index (χ0n) is 22.9. The summed E-state index contributed by atoms with van der Waals surface area (Å²) in [5.74, 6) is -3.26. The van der Waals surface area contributed by atoms with Crippen molar-refractivity contribution < 1.29 is 63.5 Å². The number of rotatable bonds is 8. The Bertz CT molecular complexity index is 1500. The van der Waals surface area contributed by atoms with Crippen LogP contribution in [-0.2, 0) is 28.4 Å². The molecule has 228 valence electrons. The first kappa shape index (κ1) is 27.4. The summed E-state index contributed by atoms with van der Waals surface area (Å²) in [5.41, 5.74) is -3.60. The van der Waals surface area contributed by atoms with Crippen LogP contribution in [0.5, 0.6) is 5.75 Å². The van der Waals surface area contributed by atoms with Gasteiger partial charge in [-0.2, -0.15) is 0 Å². The van der Waals surface area contributed by atoms with Crippen LogP contribution in [0.1, 0.15) is 34.1 Å². The van der Waals surface area contributed by atoms with Crippen LogP contribution in [0.4, 0.5) is 0 Å². The van der Waals surface area contributed by atoms with Gasteiger partial charge in [0.05, 0.1) is 16.5 Å². The lowest BCUT2D eigenvalue weighted by molar-refractivity contribution is -0.792. The Morgan fingerprint density at radius 2 is 1.58 bits per heavy atom. The molecular weight excluding hydrogens is 568 g/mol. The number of carbonyl (C=O) groups is 2. The molecule has 2 aromatic rings. The number of hydrogen-bond donors (Lipinski definition) is 5. The van der Waals surface area contributed by atoms with Crippen LogP contribution >= 0.6 is 0 Å². The summed E-state index contributed by atoms with van der Waals surface area (Å²) in [6.07, 6.45) is -8.28. The Balaban J connectivity index is 1.03. The number of aromatic hydroxyl groups is 1. The normalized spacial score (nSPS) is 47.6. The molecule has 43 heavy (non-hydrogen) atoms. The van der Waals surface area contributed by atoms with E-state index in [-0.39, 0.29) is 24.3 Å². The van der Waals surface area contributed by atoms with E-state index in [4.69, 9.17) is 28.4 Å². The van der Waals surface area contributed by atoms with Crippen molar-refractivity contribution in [2.75, 3.05) is 13.2 Å². The van der Waals surface area contributed by atoms with Crippen molar-refractivity contribution in [1.29, 1.82) is 0 Å². The van der Waals surface area contributed by atoms with Gasteiger partial charge < -0.3 is 54.0 Å². The molecule has 0 bridgehead atoms. The first-order valence-corrected chi connectivity index (χ1v) is 14.1. The van der Waals surface area contributed by atoms with Gasteiger partial charge in [0.1, 0.15) is 60.0 Å². The molecule has 3 saturated carbocycles. The summed E-state index contributed by atoms with van der Waals surface area (Å²) in [7, 11) is 0. The fourth-order valence-corrected chi connectivity index (χ4v) is 9.07. The monoisotopic (exact) mass is 598 g/mol. The van der Waals surface area contributed by atoms with Crippen molar-refractivity contribution in [2.45, 2.75) is 67.3 Å². The van der Waals surface area contributed by atoms with Crippen molar-refractivity contribution in [3.8, 4) is 5.75 Å². The number of phenols is 1. The van der Waals surface area contributed by atoms with Gasteiger partial charge in [0.15, 0.2) is 18.4 Å². The lowest BCUT2D eigenvalue weighted by atomic mass is 9.08. The summed E-state index contributed by atoms with van der Waals surface area (Å²) in [6, 6.07) is 13.8. The fraction of sp³-hybridized carbons (Fsp3) is 0.533. The highest BCUT2D eigenvalue weighted by molar-refractivity contribution is 5.90. The number of esters is 2. The van der Waals surface area contributed by atoms with Crippen LogP contribution in [0.25, 0.3) is 0 Å². The molecule has 13 nitrogen and oxygen atoms in total. The van der Waals surface area contributed by atoms with Gasteiger partial charge in [0, 0.05) is 5.92 Å². The Labute approximate surface area is 244 Å². The van der Waals surface area contributed by atoms with E-state index in [1.807, 2.05) is 0 Å². The minimum Gasteiger partial charge on any atom is -0.508 e. The SMILES string of the molecule is C[C@@]12O[C@H]3O[C@@]4(O)[C@@H]5C[C@@]1(O[C@@H]1O[C@H](COC(=O)c6ccc(O)cc6)[C@@H](O)[C@H](O)[C@H]1O)C5(COC(=O)c1ccccc1)C342. The van der Waals surface area contributed by atoms with Crippen LogP contribution in [0, 0.1) is 16.7 Å². The van der Waals surface area contributed by atoms with E-state index in [1.54, 1.807) is 37.3 Å². The standard InChI is InChI=1S/C30H30O13/c1-26-28(41-24-21(34)20(33)19(32)17(40-24)12-38-22(35)15-7-9-16(31)10-8-15)11-18-27(28,29(26)25(42-26)43-30(18,29)37)13-39-23(36)14-5-3-2-4-6-14/h2-10,17-21,24-25,31-34,37H,11-13H2,1H3/t17-,18-,19-,20+,21-,24+,25+,26-,27?,28+,29?,30+/m1/s1. The topological polar surface area (TPSA) is 191 Å². The molecule has 13 heteroatoms. The molecule has 2 aromatic carbocycles. The number of phenolic OH excluding ortho intramolecular Hbond substituents is 1. The predicted molar refractivity (Wildman–Crippen MR) is 138 cm³/mol. The van der Waals surface area contributed by atoms with E-state index < -0.39 is 89.3 Å². The molecular formula is C30H30O13. The van der Waals surface area contributed by atoms with Gasteiger partial charge in [0.25, 0.3) is 0 Å². The molecule has 0 aromatic heterocycles. The Kier molecular flexibility index (Phi) is 5.43. The molecule has 3 saturated heterocycles. The molecule has 6 fully saturated rings. The Morgan fingerprint density at radius 3 is 2.28 bits per heavy atom. The molecule has 12 atom stereocenters. The third kappa shape index (κ3) is 2.82. The molecule has 2 unspecified atom stereocenters. The van der Waals surface area contributed by atoms with E-state index in [9.17, 15) is 35.1 Å².